The second-order valence-corrected chi connectivity index (χ2v) is 5.97. The van der Waals surface area contributed by atoms with Crippen molar-refractivity contribution in [2.45, 2.75) is 46.1 Å². The van der Waals surface area contributed by atoms with Gasteiger partial charge < -0.3 is 10.2 Å². The number of rotatable bonds is 8. The summed E-state index contributed by atoms with van der Waals surface area (Å²) in [4.78, 5) is 2.34. The topological polar surface area (TPSA) is 15.3 Å². The zero-order valence-corrected chi connectivity index (χ0v) is 14.3. The summed E-state index contributed by atoms with van der Waals surface area (Å²) in [6.45, 7) is 8.71. The molecule has 1 rings (SSSR count). The van der Waals surface area contributed by atoms with Crippen LogP contribution in [0.15, 0.2) is 22.7 Å². The maximum Gasteiger partial charge on any atom is 0.0375 e. The van der Waals surface area contributed by atoms with Crippen LogP contribution in [-0.4, -0.2) is 20.1 Å². The van der Waals surface area contributed by atoms with Crippen molar-refractivity contribution in [1.82, 2.24) is 5.32 Å². The Morgan fingerprint density at radius 3 is 2.58 bits per heavy atom. The molecule has 0 bridgehead atoms. The fourth-order valence-electron chi connectivity index (χ4n) is 2.25. The Bertz CT molecular complexity index is 379. The Morgan fingerprint density at radius 1 is 1.26 bits per heavy atom. The Balaban J connectivity index is 2.70. The molecule has 0 aliphatic carbocycles. The number of unbranched alkanes of at least 4 members (excludes halogenated alkanes) is 2. The van der Waals surface area contributed by atoms with Crippen molar-refractivity contribution in [2.24, 2.45) is 0 Å². The molecule has 0 amide bonds. The van der Waals surface area contributed by atoms with E-state index in [-0.39, 0.29) is 0 Å². The maximum atomic E-state index is 3.70. The van der Waals surface area contributed by atoms with Crippen LogP contribution >= 0.6 is 15.9 Å². The van der Waals surface area contributed by atoms with Crippen LogP contribution in [0.25, 0.3) is 0 Å². The van der Waals surface area contributed by atoms with E-state index >= 15 is 0 Å². The van der Waals surface area contributed by atoms with Crippen LogP contribution in [0.1, 0.15) is 51.6 Å². The summed E-state index contributed by atoms with van der Waals surface area (Å²) in [5.74, 6) is 0. The smallest absolute Gasteiger partial charge is 0.0375 e. The van der Waals surface area contributed by atoms with Crippen LogP contribution in [0.2, 0.25) is 0 Å². The molecular formula is C16H27BrN2. The van der Waals surface area contributed by atoms with Crippen molar-refractivity contribution < 1.29 is 0 Å². The monoisotopic (exact) mass is 326 g/mol. The summed E-state index contributed by atoms with van der Waals surface area (Å²) >= 11 is 3.70. The second kappa shape index (κ2) is 8.60. The van der Waals surface area contributed by atoms with Crippen LogP contribution in [0.4, 0.5) is 5.69 Å². The predicted octanol–water partition coefficient (Wildman–Crippen LogP) is 4.75. The van der Waals surface area contributed by atoms with Crippen molar-refractivity contribution in [2.75, 3.05) is 25.0 Å². The van der Waals surface area contributed by atoms with E-state index in [2.05, 4.69) is 72.2 Å². The first-order chi connectivity index (χ1) is 9.10. The van der Waals surface area contributed by atoms with Gasteiger partial charge in [0.15, 0.2) is 0 Å². The Morgan fingerprint density at radius 2 is 2.00 bits per heavy atom. The first-order valence-electron chi connectivity index (χ1n) is 7.34. The molecule has 0 fully saturated rings. The molecule has 1 unspecified atom stereocenters. The Kier molecular flexibility index (Phi) is 7.47. The maximum absolute atomic E-state index is 3.70. The highest BCUT2D eigenvalue weighted by molar-refractivity contribution is 9.10. The summed E-state index contributed by atoms with van der Waals surface area (Å²) in [5, 5.41) is 3.45. The van der Waals surface area contributed by atoms with Crippen molar-refractivity contribution in [1.29, 1.82) is 0 Å². The minimum absolute atomic E-state index is 0.388. The lowest BCUT2D eigenvalue weighted by molar-refractivity contribution is 0.596. The lowest BCUT2D eigenvalue weighted by Crippen LogP contribution is -2.20. The number of nitrogens with zero attached hydrogens (tertiary/aromatic N) is 1. The first-order valence-corrected chi connectivity index (χ1v) is 8.13. The van der Waals surface area contributed by atoms with Crippen molar-refractivity contribution in [3.63, 3.8) is 0 Å². The lowest BCUT2D eigenvalue weighted by atomic mass is 10.1. The molecule has 1 aromatic rings. The van der Waals surface area contributed by atoms with Crippen LogP contribution in [0.3, 0.4) is 0 Å². The van der Waals surface area contributed by atoms with Crippen molar-refractivity contribution in [3.8, 4) is 0 Å². The number of hydrogen-bond donors (Lipinski definition) is 1. The van der Waals surface area contributed by atoms with Gasteiger partial charge in [-0.15, -0.1) is 0 Å². The van der Waals surface area contributed by atoms with Gasteiger partial charge in [0.2, 0.25) is 0 Å². The van der Waals surface area contributed by atoms with Gasteiger partial charge in [-0.3, -0.25) is 0 Å². The number of anilines is 1. The highest BCUT2D eigenvalue weighted by Gasteiger charge is 2.10. The quantitative estimate of drug-likeness (QED) is 0.694. The molecule has 0 radical (unpaired) electrons. The zero-order valence-electron chi connectivity index (χ0n) is 12.7. The van der Waals surface area contributed by atoms with E-state index in [1.807, 2.05) is 0 Å². The number of nitrogens with one attached hydrogen (secondary N) is 1. The average molecular weight is 327 g/mol. The second-order valence-electron chi connectivity index (χ2n) is 5.11. The summed E-state index contributed by atoms with van der Waals surface area (Å²) < 4.78 is 1.20. The number of halogens is 1. The highest BCUT2D eigenvalue weighted by atomic mass is 79.9. The van der Waals surface area contributed by atoms with Crippen molar-refractivity contribution in [3.05, 3.63) is 28.2 Å². The van der Waals surface area contributed by atoms with Crippen LogP contribution in [0, 0.1) is 0 Å². The molecule has 0 aliphatic heterocycles. The zero-order chi connectivity index (χ0) is 14.3. The summed E-state index contributed by atoms with van der Waals surface area (Å²) in [7, 11) is 2.17. The molecule has 0 saturated heterocycles. The molecule has 1 N–H and O–H groups in total. The Labute approximate surface area is 126 Å². The third-order valence-electron chi connectivity index (χ3n) is 3.50. The minimum Gasteiger partial charge on any atom is -0.375 e. The number of hydrogen-bond acceptors (Lipinski definition) is 2. The normalized spacial score (nSPS) is 12.5. The van der Waals surface area contributed by atoms with Gasteiger partial charge in [-0.25, -0.2) is 0 Å². The summed E-state index contributed by atoms with van der Waals surface area (Å²) in [5.41, 5.74) is 2.61. The third kappa shape index (κ3) is 5.15. The molecule has 19 heavy (non-hydrogen) atoms. The molecule has 108 valence electrons. The standard InChI is InChI=1S/C16H27BrN2/c1-5-7-8-11-19(4)14-9-10-15(16(17)12-14)13(3)18-6-2/h9-10,12-13,18H,5-8,11H2,1-4H3. The molecule has 1 atom stereocenters. The van der Waals surface area contributed by atoms with E-state index in [1.54, 1.807) is 0 Å². The first kappa shape index (κ1) is 16.5. The van der Waals surface area contributed by atoms with Gasteiger partial charge in [0, 0.05) is 29.8 Å². The van der Waals surface area contributed by atoms with E-state index in [1.165, 1.54) is 35.0 Å². The SMILES string of the molecule is CCCCCN(C)c1ccc(C(C)NCC)c(Br)c1. The molecule has 2 nitrogen and oxygen atoms in total. The third-order valence-corrected chi connectivity index (χ3v) is 4.19. The van der Waals surface area contributed by atoms with E-state index in [0.29, 0.717) is 6.04 Å². The summed E-state index contributed by atoms with van der Waals surface area (Å²) in [6.07, 6.45) is 3.85. The molecular weight excluding hydrogens is 300 g/mol. The molecule has 3 heteroatoms. The fraction of sp³-hybridized carbons (Fsp3) is 0.625. The van der Waals surface area contributed by atoms with Gasteiger partial charge >= 0.3 is 0 Å². The van der Waals surface area contributed by atoms with Gasteiger partial charge in [-0.05, 0) is 37.6 Å². The van der Waals surface area contributed by atoms with Crippen LogP contribution < -0.4 is 10.2 Å². The van der Waals surface area contributed by atoms with Gasteiger partial charge in [-0.1, -0.05) is 48.7 Å². The molecule has 0 aliphatic rings. The predicted molar refractivity (Wildman–Crippen MR) is 89.0 cm³/mol. The number of benzene rings is 1. The largest absolute Gasteiger partial charge is 0.375 e. The van der Waals surface area contributed by atoms with Gasteiger partial charge in [0.05, 0.1) is 0 Å². The average Bonchev–Trinajstić information content (AvgIpc) is 2.39. The minimum atomic E-state index is 0.388. The van der Waals surface area contributed by atoms with Crippen LogP contribution in [-0.2, 0) is 0 Å². The van der Waals surface area contributed by atoms with E-state index in [9.17, 15) is 0 Å². The molecule has 0 aromatic heterocycles. The fourth-order valence-corrected chi connectivity index (χ4v) is 2.96. The highest BCUT2D eigenvalue weighted by Crippen LogP contribution is 2.28. The molecule has 0 saturated carbocycles. The Hall–Kier alpha value is -0.540. The van der Waals surface area contributed by atoms with Gasteiger partial charge in [0.25, 0.3) is 0 Å². The van der Waals surface area contributed by atoms with E-state index in [0.717, 1.165) is 13.1 Å². The van der Waals surface area contributed by atoms with Gasteiger partial charge in [-0.2, -0.15) is 0 Å². The molecule has 0 spiro atoms. The van der Waals surface area contributed by atoms with Crippen molar-refractivity contribution >= 4 is 21.6 Å². The summed E-state index contributed by atoms with van der Waals surface area (Å²) in [6, 6.07) is 7.07. The molecule has 0 heterocycles. The van der Waals surface area contributed by atoms with Crippen LogP contribution in [0.5, 0.6) is 0 Å². The van der Waals surface area contributed by atoms with E-state index in [4.69, 9.17) is 0 Å². The van der Waals surface area contributed by atoms with E-state index < -0.39 is 0 Å². The molecule has 1 aromatic carbocycles. The lowest BCUT2D eigenvalue weighted by Gasteiger charge is -2.22. The van der Waals surface area contributed by atoms with Gasteiger partial charge in [0.1, 0.15) is 0 Å².